The molecule has 320 valence electrons. The van der Waals surface area contributed by atoms with Gasteiger partial charge in [0, 0.05) is 102 Å². The number of halogens is 6. The molecule has 3 saturated heterocycles. The molecule has 2 N–H and O–H groups in total. The molecule has 0 unspecified atom stereocenters. The molecule has 0 radical (unpaired) electrons. The Morgan fingerprint density at radius 3 is 2.29 bits per heavy atom. The number of alkyl halides is 6. The van der Waals surface area contributed by atoms with E-state index in [4.69, 9.17) is 0 Å². The van der Waals surface area contributed by atoms with Gasteiger partial charge in [-0.25, -0.2) is 23.2 Å². The molecule has 6 rings (SSSR count). The topological polar surface area (TPSA) is 147 Å². The smallest absolute Gasteiger partial charge is 0.369 e. The summed E-state index contributed by atoms with van der Waals surface area (Å²) in [6.07, 6.45) is -6.99. The third-order valence-corrected chi connectivity index (χ3v) is 12.1. The molecule has 4 heterocycles. The largest absolute Gasteiger partial charge is 0.419 e. The minimum absolute atomic E-state index is 0.0362. The number of hydrazone groups is 1. The summed E-state index contributed by atoms with van der Waals surface area (Å²) in [6.45, 7) is 4.42. The van der Waals surface area contributed by atoms with Gasteiger partial charge in [-0.15, -0.1) is 0 Å². The van der Waals surface area contributed by atoms with Crippen LogP contribution >= 0.6 is 0 Å². The lowest BCUT2D eigenvalue weighted by Crippen LogP contribution is -2.49. The normalized spacial score (nSPS) is 18.1. The summed E-state index contributed by atoms with van der Waals surface area (Å²) in [7, 11) is -3.86. The first kappa shape index (κ1) is 43.6. The summed E-state index contributed by atoms with van der Waals surface area (Å²) in [5, 5.41) is 9.81. The number of nitrogens with one attached hydrogen (secondary N) is 2. The molecule has 2 aromatic carbocycles. The Hall–Kier alpha value is -5.02. The van der Waals surface area contributed by atoms with E-state index < -0.39 is 52.6 Å². The number of urea groups is 1. The van der Waals surface area contributed by atoms with Crippen LogP contribution in [-0.4, -0.2) is 122 Å². The summed E-state index contributed by atoms with van der Waals surface area (Å²) in [6, 6.07) is 13.7. The van der Waals surface area contributed by atoms with E-state index in [1.165, 1.54) is 9.21 Å². The summed E-state index contributed by atoms with van der Waals surface area (Å²) in [4.78, 5) is 37.7. The molecule has 3 aliphatic rings. The maximum Gasteiger partial charge on any atom is 0.419 e. The first-order valence-electron chi connectivity index (χ1n) is 19.3. The van der Waals surface area contributed by atoms with E-state index in [2.05, 4.69) is 35.5 Å². The minimum atomic E-state index is -4.81. The number of piperazine rings is 1. The molecule has 0 saturated carbocycles. The number of carbonyl (C=O) groups excluding carboxylic acids is 2. The van der Waals surface area contributed by atoms with Gasteiger partial charge in [0.2, 0.25) is 21.9 Å². The molecule has 3 aromatic rings. The zero-order chi connectivity index (χ0) is 42.4. The van der Waals surface area contributed by atoms with E-state index in [1.807, 2.05) is 30.3 Å². The zero-order valence-corrected chi connectivity index (χ0v) is 33.2. The number of amides is 3. The molecule has 0 bridgehead atoms. The van der Waals surface area contributed by atoms with E-state index in [-0.39, 0.29) is 48.8 Å². The molecule has 3 fully saturated rings. The fourth-order valence-corrected chi connectivity index (χ4v) is 8.76. The van der Waals surface area contributed by atoms with Crippen molar-refractivity contribution in [1.82, 2.24) is 29.5 Å². The lowest BCUT2D eigenvalue weighted by Gasteiger charge is -2.36. The van der Waals surface area contributed by atoms with Crippen molar-refractivity contribution in [2.24, 2.45) is 5.10 Å². The van der Waals surface area contributed by atoms with Crippen LogP contribution in [0.1, 0.15) is 49.4 Å². The van der Waals surface area contributed by atoms with Gasteiger partial charge in [0.25, 0.3) is 0 Å². The molecule has 3 amide bonds. The van der Waals surface area contributed by atoms with Crippen LogP contribution in [0, 0.1) is 0 Å². The van der Waals surface area contributed by atoms with Crippen molar-refractivity contribution in [1.29, 1.82) is 0 Å². The molecule has 0 atom stereocenters. The van der Waals surface area contributed by atoms with E-state index in [0.29, 0.717) is 44.2 Å². The highest BCUT2D eigenvalue weighted by Crippen LogP contribution is 2.32. The Labute approximate surface area is 338 Å². The minimum Gasteiger partial charge on any atom is -0.369 e. The van der Waals surface area contributed by atoms with Crippen molar-refractivity contribution in [3.63, 3.8) is 0 Å². The van der Waals surface area contributed by atoms with Gasteiger partial charge >= 0.3 is 18.4 Å². The number of aromatic nitrogens is 2. The fraction of sp³-hybridized carbons (Fsp3) is 0.500. The van der Waals surface area contributed by atoms with Crippen molar-refractivity contribution in [3.8, 4) is 0 Å². The predicted octanol–water partition coefficient (Wildman–Crippen LogP) is 5.33. The van der Waals surface area contributed by atoms with Gasteiger partial charge in [0.05, 0.1) is 16.2 Å². The average molecular weight is 853 g/mol. The molecule has 0 spiro atoms. The molecular weight excluding hydrogens is 807 g/mol. The van der Waals surface area contributed by atoms with E-state index in [9.17, 15) is 44.3 Å². The summed E-state index contributed by atoms with van der Waals surface area (Å²) in [5.74, 6) is -0.399. The Kier molecular flexibility index (Phi) is 13.7. The van der Waals surface area contributed by atoms with Crippen LogP contribution in [0.5, 0.6) is 0 Å². The van der Waals surface area contributed by atoms with Gasteiger partial charge in [-0.2, -0.15) is 35.7 Å². The van der Waals surface area contributed by atoms with E-state index in [1.54, 1.807) is 25.1 Å². The fourth-order valence-electron chi connectivity index (χ4n) is 7.22. The Bertz CT molecular complexity index is 2070. The van der Waals surface area contributed by atoms with Crippen LogP contribution in [-0.2, 0) is 34.0 Å². The van der Waals surface area contributed by atoms with Crippen LogP contribution < -0.4 is 20.4 Å². The second kappa shape index (κ2) is 18.5. The molecule has 14 nitrogen and oxygen atoms in total. The van der Waals surface area contributed by atoms with Crippen molar-refractivity contribution in [3.05, 3.63) is 71.5 Å². The maximum atomic E-state index is 13.8. The first-order chi connectivity index (χ1) is 28.0. The lowest BCUT2D eigenvalue weighted by atomic mass is 10.1. The van der Waals surface area contributed by atoms with Crippen LogP contribution in [0.25, 0.3) is 0 Å². The second-order valence-corrected chi connectivity index (χ2v) is 16.5. The highest BCUT2D eigenvalue weighted by atomic mass is 32.2. The van der Waals surface area contributed by atoms with Crippen LogP contribution in [0.15, 0.2) is 64.7 Å². The number of sulfonamides is 1. The third-order valence-electron chi connectivity index (χ3n) is 10.2. The number of rotatable bonds is 14. The SMILES string of the molecule is CCCN(CC(F)(F)F)/N=C\Cc1nc(NC2CCN(S(=O)(=O)c3cccc(CN4CCN(c5ccc(N6CCC(=O)NC6=O)cc5)CC4)c3)CC2)ncc1C(F)(F)F. The summed E-state index contributed by atoms with van der Waals surface area (Å²) < 4.78 is 109. The van der Waals surface area contributed by atoms with Gasteiger partial charge in [-0.3, -0.25) is 24.9 Å². The molecule has 21 heteroatoms. The maximum absolute atomic E-state index is 13.8. The highest BCUT2D eigenvalue weighted by molar-refractivity contribution is 7.89. The van der Waals surface area contributed by atoms with Crippen LogP contribution in [0.2, 0.25) is 0 Å². The highest BCUT2D eigenvalue weighted by Gasteiger charge is 2.36. The molecule has 59 heavy (non-hydrogen) atoms. The quantitative estimate of drug-likeness (QED) is 0.124. The van der Waals surface area contributed by atoms with Gasteiger partial charge in [-0.05, 0) is 61.2 Å². The molecule has 0 aliphatic carbocycles. The van der Waals surface area contributed by atoms with Crippen LogP contribution in [0.4, 0.5) is 48.5 Å². The van der Waals surface area contributed by atoms with E-state index in [0.717, 1.165) is 48.7 Å². The Morgan fingerprint density at radius 2 is 1.64 bits per heavy atom. The molecular formula is C38H46F6N10O4S. The van der Waals surface area contributed by atoms with Crippen LogP contribution in [0.3, 0.4) is 0 Å². The number of piperidine rings is 1. The number of nitrogens with zero attached hydrogens (tertiary/aromatic N) is 8. The molecule has 1 aromatic heterocycles. The van der Waals surface area contributed by atoms with Crippen molar-refractivity contribution < 1.29 is 44.3 Å². The van der Waals surface area contributed by atoms with Gasteiger partial charge in [0.15, 0.2) is 0 Å². The average Bonchev–Trinajstić information content (AvgIpc) is 3.18. The van der Waals surface area contributed by atoms with Crippen molar-refractivity contribution in [2.45, 2.75) is 68.9 Å². The number of anilines is 3. The van der Waals surface area contributed by atoms with Gasteiger partial charge in [0.1, 0.15) is 6.54 Å². The molecule has 3 aliphatic heterocycles. The number of imide groups is 1. The van der Waals surface area contributed by atoms with Gasteiger partial charge in [-0.1, -0.05) is 19.1 Å². The van der Waals surface area contributed by atoms with Gasteiger partial charge < -0.3 is 10.2 Å². The first-order valence-corrected chi connectivity index (χ1v) is 20.7. The monoisotopic (exact) mass is 852 g/mol. The predicted molar refractivity (Wildman–Crippen MR) is 208 cm³/mol. The van der Waals surface area contributed by atoms with E-state index >= 15 is 0 Å². The van der Waals surface area contributed by atoms with Crippen molar-refractivity contribution in [2.75, 3.05) is 74.0 Å². The Morgan fingerprint density at radius 1 is 0.949 bits per heavy atom. The zero-order valence-electron chi connectivity index (χ0n) is 32.3. The lowest BCUT2D eigenvalue weighted by molar-refractivity contribution is -0.145. The summed E-state index contributed by atoms with van der Waals surface area (Å²) in [5.41, 5.74) is 0.976. The third kappa shape index (κ3) is 11.6. The number of hydrogen-bond acceptors (Lipinski definition) is 11. The standard InChI is InChI=1S/C38H46F6N10O4S/c1-2-15-52(26-37(39,40)41)46-14-10-33-32(38(42,43)44)24-45-35(48-33)47-28-11-16-53(17-12-28)59(57,58)31-5-3-4-27(23-31)25-50-19-21-51(22-20-50)29-6-8-30(9-7-29)54-18-13-34(55)49-36(54)56/h3-9,14,23-24,28H,2,10-13,15-22,25-26H2,1H3,(H,45,47,48)(H,49,55,56)/b46-14-. The number of benzene rings is 2. The Balaban J connectivity index is 1.00. The van der Waals surface area contributed by atoms with Crippen molar-refractivity contribution >= 4 is 45.5 Å². The summed E-state index contributed by atoms with van der Waals surface area (Å²) >= 11 is 0. The number of hydrogen-bond donors (Lipinski definition) is 2. The second-order valence-electron chi connectivity index (χ2n) is 14.6. The number of carbonyl (C=O) groups is 2.